The second-order valence-electron chi connectivity index (χ2n) is 3.50. The van der Waals surface area contributed by atoms with Gasteiger partial charge in [0.25, 0.3) is 0 Å². The number of carboxylic acids is 1. The van der Waals surface area contributed by atoms with E-state index in [1.165, 1.54) is 24.3 Å². The number of unbranched alkanes of at least 4 members (excludes halogenated alkanes) is 1. The Morgan fingerprint density at radius 3 is 2.47 bits per heavy atom. The van der Waals surface area contributed by atoms with Crippen molar-refractivity contribution in [2.24, 2.45) is 0 Å². The van der Waals surface area contributed by atoms with E-state index in [-0.39, 0.29) is 5.56 Å². The van der Waals surface area contributed by atoms with E-state index in [1.54, 1.807) is 0 Å². The second-order valence-corrected chi connectivity index (χ2v) is 3.50. The Morgan fingerprint density at radius 2 is 1.94 bits per heavy atom. The van der Waals surface area contributed by atoms with E-state index in [0.29, 0.717) is 12.3 Å². The standard InChI is InChI=1S/C12H15NO4/c1-2-3-8-17-12(16)13-10-6-4-9(5-7-10)11(14)15/h4-7H,2-3,8H2,1H3,(H,13,16)(H,14,15). The maximum absolute atomic E-state index is 11.3. The number of hydrogen-bond donors (Lipinski definition) is 2. The average Bonchev–Trinajstić information content (AvgIpc) is 2.30. The van der Waals surface area contributed by atoms with Crippen molar-refractivity contribution in [3.8, 4) is 0 Å². The largest absolute Gasteiger partial charge is 0.478 e. The van der Waals surface area contributed by atoms with Crippen molar-refractivity contribution in [3.05, 3.63) is 29.8 Å². The van der Waals surface area contributed by atoms with E-state index >= 15 is 0 Å². The average molecular weight is 237 g/mol. The zero-order valence-corrected chi connectivity index (χ0v) is 9.60. The van der Waals surface area contributed by atoms with Gasteiger partial charge in [-0.05, 0) is 30.7 Å². The van der Waals surface area contributed by atoms with Crippen LogP contribution in [0.1, 0.15) is 30.1 Å². The molecule has 0 aliphatic heterocycles. The molecule has 1 rings (SSSR count). The molecule has 0 saturated carbocycles. The molecule has 1 aromatic carbocycles. The highest BCUT2D eigenvalue weighted by Crippen LogP contribution is 2.09. The third-order valence-corrected chi connectivity index (χ3v) is 2.11. The molecule has 1 amide bonds. The van der Waals surface area contributed by atoms with Gasteiger partial charge in [0.05, 0.1) is 12.2 Å². The van der Waals surface area contributed by atoms with Crippen LogP contribution in [0.2, 0.25) is 0 Å². The molecule has 0 heterocycles. The molecule has 5 heteroatoms. The highest BCUT2D eigenvalue weighted by Gasteiger charge is 2.04. The van der Waals surface area contributed by atoms with Gasteiger partial charge in [0.2, 0.25) is 0 Å². The van der Waals surface area contributed by atoms with Crippen LogP contribution >= 0.6 is 0 Å². The summed E-state index contributed by atoms with van der Waals surface area (Å²) in [5.41, 5.74) is 0.686. The smallest absolute Gasteiger partial charge is 0.411 e. The van der Waals surface area contributed by atoms with Crippen LogP contribution in [-0.4, -0.2) is 23.8 Å². The number of ether oxygens (including phenoxy) is 1. The predicted molar refractivity (Wildman–Crippen MR) is 63.3 cm³/mol. The minimum absolute atomic E-state index is 0.176. The Bertz CT molecular complexity index is 386. The summed E-state index contributed by atoms with van der Waals surface area (Å²) in [7, 11) is 0. The van der Waals surface area contributed by atoms with Gasteiger partial charge in [-0.25, -0.2) is 9.59 Å². The van der Waals surface area contributed by atoms with Gasteiger partial charge in [0.1, 0.15) is 0 Å². The van der Waals surface area contributed by atoms with E-state index in [9.17, 15) is 9.59 Å². The lowest BCUT2D eigenvalue weighted by atomic mass is 10.2. The third-order valence-electron chi connectivity index (χ3n) is 2.11. The maximum Gasteiger partial charge on any atom is 0.411 e. The topological polar surface area (TPSA) is 75.6 Å². The molecule has 2 N–H and O–H groups in total. The van der Waals surface area contributed by atoms with Crippen LogP contribution in [0.4, 0.5) is 10.5 Å². The lowest BCUT2D eigenvalue weighted by molar-refractivity contribution is 0.0697. The fraction of sp³-hybridized carbons (Fsp3) is 0.333. The SMILES string of the molecule is CCCCOC(=O)Nc1ccc(C(=O)O)cc1. The molecule has 0 bridgehead atoms. The van der Waals surface area contributed by atoms with Crippen LogP contribution in [0, 0.1) is 0 Å². The molecule has 0 aliphatic carbocycles. The molecule has 92 valence electrons. The third kappa shape index (κ3) is 4.55. The fourth-order valence-electron chi connectivity index (χ4n) is 1.16. The van der Waals surface area contributed by atoms with Crippen LogP contribution in [0.5, 0.6) is 0 Å². The minimum Gasteiger partial charge on any atom is -0.478 e. The zero-order chi connectivity index (χ0) is 12.7. The normalized spacial score (nSPS) is 9.71. The summed E-state index contributed by atoms with van der Waals surface area (Å²) in [5, 5.41) is 11.2. The summed E-state index contributed by atoms with van der Waals surface area (Å²) in [5.74, 6) is -0.998. The van der Waals surface area contributed by atoms with Crippen molar-refractivity contribution in [1.82, 2.24) is 0 Å². The van der Waals surface area contributed by atoms with Gasteiger partial charge in [0.15, 0.2) is 0 Å². The first-order chi connectivity index (χ1) is 8.13. The molecule has 0 atom stereocenters. The van der Waals surface area contributed by atoms with Gasteiger partial charge < -0.3 is 9.84 Å². The molecular formula is C12H15NO4. The molecule has 0 radical (unpaired) electrons. The first kappa shape index (κ1) is 13.0. The summed E-state index contributed by atoms with van der Waals surface area (Å²) in [6.07, 6.45) is 1.26. The van der Waals surface area contributed by atoms with E-state index < -0.39 is 12.1 Å². The van der Waals surface area contributed by atoms with Gasteiger partial charge in [-0.1, -0.05) is 13.3 Å². The first-order valence-electron chi connectivity index (χ1n) is 5.40. The maximum atomic E-state index is 11.3. The highest BCUT2D eigenvalue weighted by molar-refractivity contribution is 5.89. The predicted octanol–water partition coefficient (Wildman–Crippen LogP) is 2.73. The van der Waals surface area contributed by atoms with Crippen molar-refractivity contribution in [2.45, 2.75) is 19.8 Å². The lowest BCUT2D eigenvalue weighted by Crippen LogP contribution is -2.14. The Labute approximate surface area is 99.4 Å². The molecule has 0 spiro atoms. The van der Waals surface area contributed by atoms with E-state index in [1.807, 2.05) is 6.92 Å². The molecule has 0 fully saturated rings. The fourth-order valence-corrected chi connectivity index (χ4v) is 1.16. The number of hydrogen-bond acceptors (Lipinski definition) is 3. The quantitative estimate of drug-likeness (QED) is 0.772. The van der Waals surface area contributed by atoms with Gasteiger partial charge >= 0.3 is 12.1 Å². The number of carboxylic acid groups (broad SMARTS) is 1. The lowest BCUT2D eigenvalue weighted by Gasteiger charge is -2.06. The van der Waals surface area contributed by atoms with Crippen molar-refractivity contribution in [2.75, 3.05) is 11.9 Å². The van der Waals surface area contributed by atoms with Crippen molar-refractivity contribution in [1.29, 1.82) is 0 Å². The minimum atomic E-state index is -0.998. The number of carbonyl (C=O) groups excluding carboxylic acids is 1. The second kappa shape index (κ2) is 6.52. The number of aromatic carboxylic acids is 1. The monoisotopic (exact) mass is 237 g/mol. The first-order valence-corrected chi connectivity index (χ1v) is 5.40. The van der Waals surface area contributed by atoms with E-state index in [0.717, 1.165) is 12.8 Å². The Kier molecular flexibility index (Phi) is 5.00. The Balaban J connectivity index is 2.46. The van der Waals surface area contributed by atoms with Crippen LogP contribution < -0.4 is 5.32 Å². The van der Waals surface area contributed by atoms with Crippen molar-refractivity contribution < 1.29 is 19.4 Å². The van der Waals surface area contributed by atoms with Crippen LogP contribution in [0.15, 0.2) is 24.3 Å². The summed E-state index contributed by atoms with van der Waals surface area (Å²) in [6, 6.07) is 5.88. The Morgan fingerprint density at radius 1 is 1.29 bits per heavy atom. The van der Waals surface area contributed by atoms with Gasteiger partial charge in [-0.2, -0.15) is 0 Å². The number of anilines is 1. The number of rotatable bonds is 5. The highest BCUT2D eigenvalue weighted by atomic mass is 16.5. The number of carbonyl (C=O) groups is 2. The summed E-state index contributed by atoms with van der Waals surface area (Å²) >= 11 is 0. The van der Waals surface area contributed by atoms with Crippen LogP contribution in [0.25, 0.3) is 0 Å². The van der Waals surface area contributed by atoms with Gasteiger partial charge in [0, 0.05) is 5.69 Å². The summed E-state index contributed by atoms with van der Waals surface area (Å²) in [4.78, 5) is 21.9. The van der Waals surface area contributed by atoms with Crippen LogP contribution in [-0.2, 0) is 4.74 Å². The van der Waals surface area contributed by atoms with E-state index in [4.69, 9.17) is 9.84 Å². The molecule has 1 aromatic rings. The molecule has 0 aromatic heterocycles. The van der Waals surface area contributed by atoms with E-state index in [2.05, 4.69) is 5.32 Å². The number of amides is 1. The molecule has 0 unspecified atom stereocenters. The summed E-state index contributed by atoms with van der Waals surface area (Å²) in [6.45, 7) is 2.39. The molecule has 17 heavy (non-hydrogen) atoms. The Hall–Kier alpha value is -2.04. The number of nitrogens with one attached hydrogen (secondary N) is 1. The van der Waals surface area contributed by atoms with Crippen molar-refractivity contribution in [3.63, 3.8) is 0 Å². The molecule has 0 aliphatic rings. The van der Waals surface area contributed by atoms with Gasteiger partial charge in [-0.15, -0.1) is 0 Å². The molecular weight excluding hydrogens is 222 g/mol. The van der Waals surface area contributed by atoms with Crippen molar-refractivity contribution >= 4 is 17.7 Å². The van der Waals surface area contributed by atoms with Gasteiger partial charge in [-0.3, -0.25) is 5.32 Å². The molecule has 5 nitrogen and oxygen atoms in total. The van der Waals surface area contributed by atoms with Crippen LogP contribution in [0.3, 0.4) is 0 Å². The zero-order valence-electron chi connectivity index (χ0n) is 9.60. The number of benzene rings is 1. The molecule has 0 saturated heterocycles. The summed E-state index contributed by atoms with van der Waals surface area (Å²) < 4.78 is 4.90.